The zero-order valence-corrected chi connectivity index (χ0v) is 10.1. The SMILES string of the molecule is CC(C)(NS(=O)(=O)C(F)(F)F)c1ccccc1. The third-order valence-corrected chi connectivity index (χ3v) is 3.58. The van der Waals surface area contributed by atoms with Gasteiger partial charge in [0.1, 0.15) is 0 Å². The summed E-state index contributed by atoms with van der Waals surface area (Å²) in [4.78, 5) is 0. The van der Waals surface area contributed by atoms with E-state index in [0.29, 0.717) is 5.56 Å². The lowest BCUT2D eigenvalue weighted by Gasteiger charge is -2.26. The molecule has 0 unspecified atom stereocenters. The second-order valence-corrected chi connectivity index (χ2v) is 5.72. The second-order valence-electron chi connectivity index (χ2n) is 4.04. The molecule has 17 heavy (non-hydrogen) atoms. The number of hydrogen-bond donors (Lipinski definition) is 1. The fourth-order valence-corrected chi connectivity index (χ4v) is 2.21. The van der Waals surface area contributed by atoms with Crippen LogP contribution >= 0.6 is 0 Å². The van der Waals surface area contributed by atoms with Gasteiger partial charge in [-0.05, 0) is 19.4 Å². The number of hydrogen-bond acceptors (Lipinski definition) is 2. The van der Waals surface area contributed by atoms with Crippen molar-refractivity contribution >= 4 is 10.0 Å². The first-order valence-corrected chi connectivity index (χ1v) is 6.20. The number of nitrogens with one attached hydrogen (secondary N) is 1. The van der Waals surface area contributed by atoms with E-state index in [-0.39, 0.29) is 0 Å². The number of sulfonamides is 1. The molecule has 1 aromatic rings. The molecule has 3 nitrogen and oxygen atoms in total. The van der Waals surface area contributed by atoms with Crippen molar-refractivity contribution in [3.05, 3.63) is 35.9 Å². The van der Waals surface area contributed by atoms with Crippen LogP contribution in [0.5, 0.6) is 0 Å². The summed E-state index contributed by atoms with van der Waals surface area (Å²) >= 11 is 0. The predicted molar refractivity (Wildman–Crippen MR) is 57.6 cm³/mol. The molecule has 0 aliphatic carbocycles. The molecule has 1 N–H and O–H groups in total. The molecule has 0 saturated heterocycles. The molecular formula is C10H12F3NO2S. The van der Waals surface area contributed by atoms with Gasteiger partial charge in [0.05, 0.1) is 5.54 Å². The molecule has 1 aromatic carbocycles. The lowest BCUT2D eigenvalue weighted by Crippen LogP contribution is -2.46. The number of benzene rings is 1. The fourth-order valence-electron chi connectivity index (χ4n) is 1.31. The van der Waals surface area contributed by atoms with E-state index in [9.17, 15) is 21.6 Å². The molecule has 1 rings (SSSR count). The number of alkyl halides is 3. The Bertz CT molecular complexity index is 480. The van der Waals surface area contributed by atoms with Gasteiger partial charge in [-0.25, -0.2) is 8.42 Å². The highest BCUT2D eigenvalue weighted by molar-refractivity contribution is 7.90. The van der Waals surface area contributed by atoms with E-state index in [2.05, 4.69) is 0 Å². The highest BCUT2D eigenvalue weighted by Gasteiger charge is 2.48. The Morgan fingerprint density at radius 1 is 1.06 bits per heavy atom. The predicted octanol–water partition coefficient (Wildman–Crippen LogP) is 2.36. The quantitative estimate of drug-likeness (QED) is 0.913. The molecule has 0 atom stereocenters. The van der Waals surface area contributed by atoms with Gasteiger partial charge < -0.3 is 0 Å². The van der Waals surface area contributed by atoms with Gasteiger partial charge in [0.15, 0.2) is 0 Å². The molecular weight excluding hydrogens is 255 g/mol. The van der Waals surface area contributed by atoms with E-state index in [4.69, 9.17) is 0 Å². The van der Waals surface area contributed by atoms with Gasteiger partial charge in [-0.1, -0.05) is 30.3 Å². The summed E-state index contributed by atoms with van der Waals surface area (Å²) in [7, 11) is -5.35. The zero-order chi connectivity index (χ0) is 13.3. The van der Waals surface area contributed by atoms with Crippen LogP contribution in [0.2, 0.25) is 0 Å². The van der Waals surface area contributed by atoms with E-state index >= 15 is 0 Å². The van der Waals surface area contributed by atoms with Crippen molar-refractivity contribution in [1.29, 1.82) is 0 Å². The van der Waals surface area contributed by atoms with E-state index in [1.807, 2.05) is 0 Å². The van der Waals surface area contributed by atoms with E-state index in [1.165, 1.54) is 13.8 Å². The number of halogens is 3. The Morgan fingerprint density at radius 2 is 1.53 bits per heavy atom. The molecule has 0 saturated carbocycles. The van der Waals surface area contributed by atoms with Crippen molar-refractivity contribution in [2.75, 3.05) is 0 Å². The number of rotatable bonds is 3. The van der Waals surface area contributed by atoms with Gasteiger partial charge in [-0.2, -0.15) is 17.9 Å². The van der Waals surface area contributed by atoms with Crippen molar-refractivity contribution < 1.29 is 21.6 Å². The Morgan fingerprint density at radius 3 is 1.94 bits per heavy atom. The van der Waals surface area contributed by atoms with Crippen LogP contribution in [-0.4, -0.2) is 13.9 Å². The Balaban J connectivity index is 3.04. The minimum Gasteiger partial charge on any atom is -0.203 e. The molecule has 0 bridgehead atoms. The fraction of sp³-hybridized carbons (Fsp3) is 0.400. The first-order chi connectivity index (χ1) is 7.56. The van der Waals surface area contributed by atoms with Gasteiger partial charge in [-0.15, -0.1) is 0 Å². The monoisotopic (exact) mass is 267 g/mol. The summed E-state index contributed by atoms with van der Waals surface area (Å²) in [5.74, 6) is 0. The van der Waals surface area contributed by atoms with E-state index < -0.39 is 21.1 Å². The second kappa shape index (κ2) is 4.30. The molecule has 96 valence electrons. The maximum Gasteiger partial charge on any atom is 0.511 e. The minimum atomic E-state index is -5.35. The molecule has 7 heteroatoms. The summed E-state index contributed by atoms with van der Waals surface area (Å²) in [6.07, 6.45) is 0. The summed E-state index contributed by atoms with van der Waals surface area (Å²) in [6.45, 7) is 2.73. The van der Waals surface area contributed by atoms with Crippen molar-refractivity contribution in [3.63, 3.8) is 0 Å². The van der Waals surface area contributed by atoms with Crippen LogP contribution in [0.25, 0.3) is 0 Å². The van der Waals surface area contributed by atoms with Crippen molar-refractivity contribution in [3.8, 4) is 0 Å². The molecule has 0 aromatic heterocycles. The molecule has 0 radical (unpaired) electrons. The highest BCUT2D eigenvalue weighted by atomic mass is 32.2. The van der Waals surface area contributed by atoms with Crippen LogP contribution < -0.4 is 4.72 Å². The summed E-state index contributed by atoms with van der Waals surface area (Å²) in [6, 6.07) is 8.05. The van der Waals surface area contributed by atoms with Crippen molar-refractivity contribution in [2.24, 2.45) is 0 Å². The zero-order valence-electron chi connectivity index (χ0n) is 9.25. The smallest absolute Gasteiger partial charge is 0.203 e. The van der Waals surface area contributed by atoms with Crippen LogP contribution in [0.1, 0.15) is 19.4 Å². The standard InChI is InChI=1S/C10H12F3NO2S/c1-9(2,8-6-4-3-5-7-8)14-17(15,16)10(11,12)13/h3-7,14H,1-2H3. The van der Waals surface area contributed by atoms with Crippen LogP contribution in [0.4, 0.5) is 13.2 Å². The van der Waals surface area contributed by atoms with Crippen LogP contribution in [0, 0.1) is 0 Å². The molecule has 0 heterocycles. The maximum atomic E-state index is 12.2. The maximum absolute atomic E-state index is 12.2. The Hall–Kier alpha value is -1.08. The van der Waals surface area contributed by atoms with Gasteiger partial charge in [0.2, 0.25) is 0 Å². The van der Waals surface area contributed by atoms with E-state index in [1.54, 1.807) is 35.1 Å². The van der Waals surface area contributed by atoms with Gasteiger partial charge >= 0.3 is 15.5 Å². The lowest BCUT2D eigenvalue weighted by atomic mass is 9.96. The van der Waals surface area contributed by atoms with Crippen LogP contribution in [0.15, 0.2) is 30.3 Å². The summed E-state index contributed by atoms with van der Waals surface area (Å²) in [5.41, 5.74) is -6.18. The third kappa shape index (κ3) is 3.19. The molecule has 0 amide bonds. The first kappa shape index (κ1) is 14.0. The third-order valence-electron chi connectivity index (χ3n) is 2.19. The largest absolute Gasteiger partial charge is 0.511 e. The van der Waals surface area contributed by atoms with Crippen LogP contribution in [0.3, 0.4) is 0 Å². The molecule has 0 aliphatic rings. The summed E-state index contributed by atoms with van der Waals surface area (Å²) < 4.78 is 60.3. The van der Waals surface area contributed by atoms with Crippen molar-refractivity contribution in [1.82, 2.24) is 4.72 Å². The average molecular weight is 267 g/mol. The highest BCUT2D eigenvalue weighted by Crippen LogP contribution is 2.27. The Labute approximate surface area is 97.7 Å². The van der Waals surface area contributed by atoms with Gasteiger partial charge in [0.25, 0.3) is 0 Å². The van der Waals surface area contributed by atoms with E-state index in [0.717, 1.165) is 0 Å². The molecule has 0 spiro atoms. The Kier molecular flexibility index (Phi) is 3.54. The first-order valence-electron chi connectivity index (χ1n) is 4.72. The van der Waals surface area contributed by atoms with Crippen LogP contribution in [-0.2, 0) is 15.6 Å². The van der Waals surface area contributed by atoms with Gasteiger partial charge in [0, 0.05) is 0 Å². The topological polar surface area (TPSA) is 46.2 Å². The molecule has 0 aliphatic heterocycles. The molecule has 0 fully saturated rings. The normalized spacial score (nSPS) is 13.7. The van der Waals surface area contributed by atoms with Gasteiger partial charge in [-0.3, -0.25) is 0 Å². The minimum absolute atomic E-state index is 0.452. The average Bonchev–Trinajstić information content (AvgIpc) is 2.15. The summed E-state index contributed by atoms with van der Waals surface area (Å²) in [5, 5.41) is 0. The lowest BCUT2D eigenvalue weighted by molar-refractivity contribution is -0.0455. The van der Waals surface area contributed by atoms with Crippen molar-refractivity contribution in [2.45, 2.75) is 24.9 Å².